The number of aliphatic hydroxyl groups excluding tert-OH is 2. The van der Waals surface area contributed by atoms with Crippen molar-refractivity contribution in [1.82, 2.24) is 25.2 Å². The van der Waals surface area contributed by atoms with Crippen LogP contribution in [0.4, 0.5) is 0 Å². The summed E-state index contributed by atoms with van der Waals surface area (Å²) in [6, 6.07) is 0.166. The van der Waals surface area contributed by atoms with Gasteiger partial charge >= 0.3 is 0 Å². The molecule has 2 heterocycles. The van der Waals surface area contributed by atoms with Crippen LogP contribution in [0.5, 0.6) is 0 Å². The number of nitrogens with zero attached hydrogens (tertiary/aromatic N) is 4. The summed E-state index contributed by atoms with van der Waals surface area (Å²) in [7, 11) is 0. The molecule has 0 spiro atoms. The number of hydrogen-bond donors (Lipinski definition) is 3. The minimum absolute atomic E-state index is 0.0337. The summed E-state index contributed by atoms with van der Waals surface area (Å²) in [6.07, 6.45) is 5.34. The number of carbonyl (C=O) groups is 1. The number of likely N-dealkylation sites (tertiary alicyclic amines) is 1. The van der Waals surface area contributed by atoms with Crippen LogP contribution in [0.15, 0.2) is 6.20 Å². The minimum atomic E-state index is -0.766. The van der Waals surface area contributed by atoms with Crippen molar-refractivity contribution in [2.24, 2.45) is 5.92 Å². The topological polar surface area (TPSA) is 104 Å². The van der Waals surface area contributed by atoms with Gasteiger partial charge < -0.3 is 20.4 Å². The smallest absolute Gasteiger partial charge is 0.219 e. The monoisotopic (exact) mass is 363 g/mol. The molecule has 1 amide bonds. The first kappa shape index (κ1) is 17.9. The summed E-state index contributed by atoms with van der Waals surface area (Å²) < 4.78 is 1.81. The van der Waals surface area contributed by atoms with Crippen LogP contribution in [0.2, 0.25) is 0 Å². The van der Waals surface area contributed by atoms with Gasteiger partial charge in [0.05, 0.1) is 17.9 Å². The van der Waals surface area contributed by atoms with E-state index in [0.29, 0.717) is 18.9 Å². The predicted molar refractivity (Wildman–Crippen MR) is 94.3 cm³/mol. The number of piperidine rings is 1. The molecule has 2 saturated carbocycles. The van der Waals surface area contributed by atoms with Gasteiger partial charge in [0.2, 0.25) is 5.91 Å². The van der Waals surface area contributed by atoms with Gasteiger partial charge in [-0.25, -0.2) is 0 Å². The molecule has 3 N–H and O–H groups in total. The second-order valence-electron chi connectivity index (χ2n) is 8.17. The SMILES string of the molecule is CC(=O)N1CCC(NC2CC(Cn3cc(C4CC4)nn3)C(O)C2O)CC1. The molecular formula is C18H29N5O3. The number of nitrogens with one attached hydrogen (secondary N) is 1. The lowest BCUT2D eigenvalue weighted by molar-refractivity contribution is -0.129. The summed E-state index contributed by atoms with van der Waals surface area (Å²) in [5.74, 6) is 0.657. The largest absolute Gasteiger partial charge is 0.390 e. The molecule has 3 aliphatic rings. The van der Waals surface area contributed by atoms with Crippen LogP contribution in [0.1, 0.15) is 50.6 Å². The van der Waals surface area contributed by atoms with E-state index in [4.69, 9.17) is 0 Å². The molecule has 26 heavy (non-hydrogen) atoms. The summed E-state index contributed by atoms with van der Waals surface area (Å²) in [5, 5.41) is 32.8. The molecule has 0 radical (unpaired) electrons. The van der Waals surface area contributed by atoms with Crippen molar-refractivity contribution in [2.45, 2.75) is 75.8 Å². The van der Waals surface area contributed by atoms with Crippen molar-refractivity contribution in [2.75, 3.05) is 13.1 Å². The van der Waals surface area contributed by atoms with E-state index < -0.39 is 12.2 Å². The zero-order chi connectivity index (χ0) is 18.3. The quantitative estimate of drug-likeness (QED) is 0.673. The molecule has 4 atom stereocenters. The van der Waals surface area contributed by atoms with Crippen LogP contribution in [0, 0.1) is 5.92 Å². The fourth-order valence-corrected chi connectivity index (χ4v) is 4.34. The third-order valence-electron chi connectivity index (χ3n) is 6.17. The maximum absolute atomic E-state index is 11.4. The van der Waals surface area contributed by atoms with Gasteiger partial charge in [0.15, 0.2) is 0 Å². The van der Waals surface area contributed by atoms with Gasteiger partial charge in [-0.15, -0.1) is 5.10 Å². The highest BCUT2D eigenvalue weighted by molar-refractivity contribution is 5.73. The van der Waals surface area contributed by atoms with Gasteiger partial charge in [0.25, 0.3) is 0 Å². The lowest BCUT2D eigenvalue weighted by Gasteiger charge is -2.34. The summed E-state index contributed by atoms with van der Waals surface area (Å²) >= 11 is 0. The molecule has 1 aliphatic heterocycles. The van der Waals surface area contributed by atoms with Gasteiger partial charge in [-0.2, -0.15) is 0 Å². The first-order valence-corrected chi connectivity index (χ1v) is 9.79. The number of aliphatic hydroxyl groups is 2. The first-order valence-electron chi connectivity index (χ1n) is 9.79. The number of aromatic nitrogens is 3. The zero-order valence-corrected chi connectivity index (χ0v) is 15.3. The van der Waals surface area contributed by atoms with E-state index >= 15 is 0 Å². The van der Waals surface area contributed by atoms with E-state index in [9.17, 15) is 15.0 Å². The average molecular weight is 363 g/mol. The number of amides is 1. The zero-order valence-electron chi connectivity index (χ0n) is 15.3. The highest BCUT2D eigenvalue weighted by atomic mass is 16.3. The number of rotatable bonds is 5. The highest BCUT2D eigenvalue weighted by Gasteiger charge is 2.42. The fraction of sp³-hybridized carbons (Fsp3) is 0.833. The molecule has 1 aromatic rings. The molecule has 144 valence electrons. The van der Waals surface area contributed by atoms with Crippen molar-refractivity contribution >= 4 is 5.91 Å². The van der Waals surface area contributed by atoms with Gasteiger partial charge in [-0.05, 0) is 32.1 Å². The van der Waals surface area contributed by atoms with Crippen molar-refractivity contribution in [3.05, 3.63) is 11.9 Å². The standard InChI is InChI=1S/C18H29N5O3/c1-11(24)22-6-4-14(5-7-22)19-15-8-13(17(25)18(15)26)9-23-10-16(20-21-23)12-2-3-12/h10,12-15,17-19,25-26H,2-9H2,1H3. The molecule has 3 fully saturated rings. The third kappa shape index (κ3) is 3.77. The van der Waals surface area contributed by atoms with Crippen molar-refractivity contribution in [3.8, 4) is 0 Å². The van der Waals surface area contributed by atoms with Crippen LogP contribution in [-0.4, -0.2) is 73.4 Å². The Morgan fingerprint density at radius 1 is 1.23 bits per heavy atom. The van der Waals surface area contributed by atoms with E-state index in [2.05, 4.69) is 15.6 Å². The number of carbonyl (C=O) groups excluding carboxylic acids is 1. The maximum Gasteiger partial charge on any atom is 0.219 e. The Kier molecular flexibility index (Phi) is 4.98. The third-order valence-corrected chi connectivity index (χ3v) is 6.17. The predicted octanol–water partition coefficient (Wildman–Crippen LogP) is -0.134. The molecule has 8 nitrogen and oxygen atoms in total. The van der Waals surface area contributed by atoms with Crippen molar-refractivity contribution in [1.29, 1.82) is 0 Å². The molecule has 1 aromatic heterocycles. The van der Waals surface area contributed by atoms with E-state index in [1.807, 2.05) is 15.8 Å². The average Bonchev–Trinajstić information content (AvgIpc) is 3.33. The van der Waals surface area contributed by atoms with Gasteiger partial charge in [-0.1, -0.05) is 5.21 Å². The first-order chi connectivity index (χ1) is 12.5. The molecule has 4 rings (SSSR count). The Morgan fingerprint density at radius 3 is 2.62 bits per heavy atom. The molecule has 0 bridgehead atoms. The molecular weight excluding hydrogens is 334 g/mol. The lowest BCUT2D eigenvalue weighted by atomic mass is 10.0. The minimum Gasteiger partial charge on any atom is -0.390 e. The highest BCUT2D eigenvalue weighted by Crippen LogP contribution is 2.38. The molecule has 4 unspecified atom stereocenters. The Hall–Kier alpha value is -1.51. The molecule has 0 aromatic carbocycles. The summed E-state index contributed by atoms with van der Waals surface area (Å²) in [6.45, 7) is 3.70. The maximum atomic E-state index is 11.4. The fourth-order valence-electron chi connectivity index (χ4n) is 4.34. The van der Waals surface area contributed by atoms with E-state index in [1.165, 1.54) is 12.8 Å². The summed E-state index contributed by atoms with van der Waals surface area (Å²) in [5.41, 5.74) is 1.05. The van der Waals surface area contributed by atoms with Gasteiger partial charge in [-0.3, -0.25) is 9.48 Å². The number of hydrogen-bond acceptors (Lipinski definition) is 6. The Labute approximate surface area is 153 Å². The van der Waals surface area contributed by atoms with Crippen LogP contribution >= 0.6 is 0 Å². The lowest BCUT2D eigenvalue weighted by Crippen LogP contribution is -2.50. The summed E-state index contributed by atoms with van der Waals surface area (Å²) in [4.78, 5) is 13.3. The Bertz CT molecular complexity index is 639. The van der Waals surface area contributed by atoms with Crippen molar-refractivity contribution in [3.63, 3.8) is 0 Å². The van der Waals surface area contributed by atoms with Crippen LogP contribution in [-0.2, 0) is 11.3 Å². The van der Waals surface area contributed by atoms with E-state index in [0.717, 1.165) is 31.6 Å². The Morgan fingerprint density at radius 2 is 1.96 bits per heavy atom. The van der Waals surface area contributed by atoms with Gasteiger partial charge in [0.1, 0.15) is 0 Å². The normalized spacial score (nSPS) is 33.0. The van der Waals surface area contributed by atoms with Crippen molar-refractivity contribution < 1.29 is 15.0 Å². The van der Waals surface area contributed by atoms with Crippen LogP contribution < -0.4 is 5.32 Å². The second-order valence-corrected chi connectivity index (χ2v) is 8.17. The van der Waals surface area contributed by atoms with Crippen LogP contribution in [0.3, 0.4) is 0 Å². The van der Waals surface area contributed by atoms with Gasteiger partial charge in [0, 0.05) is 56.7 Å². The van der Waals surface area contributed by atoms with Crippen LogP contribution in [0.25, 0.3) is 0 Å². The molecule has 1 saturated heterocycles. The molecule has 8 heteroatoms. The molecule has 2 aliphatic carbocycles. The second kappa shape index (κ2) is 7.25. The van der Waals surface area contributed by atoms with E-state index in [1.54, 1.807) is 6.92 Å². The van der Waals surface area contributed by atoms with E-state index in [-0.39, 0.29) is 23.9 Å². The Balaban J connectivity index is 1.30.